The molecule has 0 atom stereocenters. The molecule has 0 radical (unpaired) electrons. The van der Waals surface area contributed by atoms with Crippen LogP contribution in [0.4, 0.5) is 0 Å². The van der Waals surface area contributed by atoms with Crippen molar-refractivity contribution >= 4 is 10.2 Å². The molecule has 0 aromatic carbocycles. The maximum absolute atomic E-state index is 12.2. The van der Waals surface area contributed by atoms with Crippen LogP contribution in [0, 0.1) is 0 Å². The van der Waals surface area contributed by atoms with Crippen molar-refractivity contribution in [2.24, 2.45) is 0 Å². The summed E-state index contributed by atoms with van der Waals surface area (Å²) in [6.45, 7) is 1.54. The van der Waals surface area contributed by atoms with Crippen LogP contribution >= 0.6 is 0 Å². The average molecular weight is 258 g/mol. The largest absolute Gasteiger partial charge is 0.468 e. The van der Waals surface area contributed by atoms with E-state index in [4.69, 9.17) is 4.42 Å². The standard InChI is InChI=1S/C11H18N2O3S/c1-12(10-11-6-5-9-16-11)17(14,15)13-7-3-2-4-8-13/h5-6,9H,2-4,7-8,10H2,1H3. The topological polar surface area (TPSA) is 53.8 Å². The SMILES string of the molecule is CN(Cc1ccco1)S(=O)(=O)N1CCCCC1. The molecule has 2 heterocycles. The lowest BCUT2D eigenvalue weighted by atomic mass is 10.2. The molecule has 0 saturated carbocycles. The maximum atomic E-state index is 12.2. The van der Waals surface area contributed by atoms with Gasteiger partial charge in [-0.2, -0.15) is 17.0 Å². The van der Waals surface area contributed by atoms with Crippen LogP contribution in [0.3, 0.4) is 0 Å². The molecular formula is C11H18N2O3S. The summed E-state index contributed by atoms with van der Waals surface area (Å²) in [4.78, 5) is 0. The third-order valence-corrected chi connectivity index (χ3v) is 4.93. The molecule has 1 fully saturated rings. The predicted octanol–water partition coefficient (Wildman–Crippen LogP) is 1.44. The zero-order chi connectivity index (χ0) is 12.3. The average Bonchev–Trinajstić information content (AvgIpc) is 2.83. The number of hydrogen-bond donors (Lipinski definition) is 0. The van der Waals surface area contributed by atoms with E-state index in [0.29, 0.717) is 18.8 Å². The lowest BCUT2D eigenvalue weighted by Gasteiger charge is -2.29. The van der Waals surface area contributed by atoms with Gasteiger partial charge in [0.2, 0.25) is 0 Å². The monoisotopic (exact) mass is 258 g/mol. The summed E-state index contributed by atoms with van der Waals surface area (Å²) in [5.41, 5.74) is 0. The van der Waals surface area contributed by atoms with E-state index in [-0.39, 0.29) is 6.54 Å². The molecule has 0 unspecified atom stereocenters. The lowest BCUT2D eigenvalue weighted by Crippen LogP contribution is -2.43. The molecule has 5 nitrogen and oxygen atoms in total. The number of rotatable bonds is 4. The van der Waals surface area contributed by atoms with Crippen molar-refractivity contribution in [3.8, 4) is 0 Å². The summed E-state index contributed by atoms with van der Waals surface area (Å²) in [6.07, 6.45) is 4.58. The van der Waals surface area contributed by atoms with Crippen LogP contribution in [-0.2, 0) is 16.8 Å². The van der Waals surface area contributed by atoms with Crippen molar-refractivity contribution in [2.75, 3.05) is 20.1 Å². The summed E-state index contributed by atoms with van der Waals surface area (Å²) in [5.74, 6) is 0.660. The predicted molar refractivity (Wildman–Crippen MR) is 64.5 cm³/mol. The van der Waals surface area contributed by atoms with Gasteiger partial charge in [-0.1, -0.05) is 6.42 Å². The van der Waals surface area contributed by atoms with Gasteiger partial charge in [0.15, 0.2) is 0 Å². The van der Waals surface area contributed by atoms with Gasteiger partial charge >= 0.3 is 0 Å². The molecule has 1 aliphatic rings. The highest BCUT2D eigenvalue weighted by Crippen LogP contribution is 2.17. The quantitative estimate of drug-likeness (QED) is 0.821. The Hall–Kier alpha value is -0.850. The van der Waals surface area contributed by atoms with E-state index in [2.05, 4.69) is 0 Å². The zero-order valence-corrected chi connectivity index (χ0v) is 10.8. The van der Waals surface area contributed by atoms with Gasteiger partial charge in [0.1, 0.15) is 5.76 Å². The molecule has 6 heteroatoms. The van der Waals surface area contributed by atoms with E-state index in [9.17, 15) is 8.42 Å². The molecule has 17 heavy (non-hydrogen) atoms. The first-order chi connectivity index (χ1) is 8.10. The minimum Gasteiger partial charge on any atom is -0.468 e. The Morgan fingerprint density at radius 2 is 2.06 bits per heavy atom. The van der Waals surface area contributed by atoms with Crippen LogP contribution in [0.15, 0.2) is 22.8 Å². The van der Waals surface area contributed by atoms with E-state index >= 15 is 0 Å². The fourth-order valence-electron chi connectivity index (χ4n) is 2.00. The van der Waals surface area contributed by atoms with E-state index in [1.54, 1.807) is 29.7 Å². The van der Waals surface area contributed by atoms with Crippen LogP contribution in [-0.4, -0.2) is 37.2 Å². The fraction of sp³-hybridized carbons (Fsp3) is 0.636. The minimum atomic E-state index is -3.33. The minimum absolute atomic E-state index is 0.284. The molecule has 1 aromatic heterocycles. The van der Waals surface area contributed by atoms with Crippen molar-refractivity contribution < 1.29 is 12.8 Å². The van der Waals surface area contributed by atoms with E-state index in [0.717, 1.165) is 19.3 Å². The van der Waals surface area contributed by atoms with E-state index in [1.165, 1.54) is 4.31 Å². The first-order valence-electron chi connectivity index (χ1n) is 5.84. The van der Waals surface area contributed by atoms with Crippen molar-refractivity contribution in [2.45, 2.75) is 25.8 Å². The third kappa shape index (κ3) is 2.88. The molecule has 1 saturated heterocycles. The highest BCUT2D eigenvalue weighted by atomic mass is 32.2. The van der Waals surface area contributed by atoms with E-state index < -0.39 is 10.2 Å². The first-order valence-corrected chi connectivity index (χ1v) is 7.24. The Balaban J connectivity index is 2.03. The molecular weight excluding hydrogens is 240 g/mol. The highest BCUT2D eigenvalue weighted by molar-refractivity contribution is 7.86. The van der Waals surface area contributed by atoms with Crippen LogP contribution in [0.1, 0.15) is 25.0 Å². The van der Waals surface area contributed by atoms with Crippen molar-refractivity contribution in [3.63, 3.8) is 0 Å². The second-order valence-corrected chi connectivity index (χ2v) is 6.34. The second-order valence-electron chi connectivity index (χ2n) is 4.30. The summed E-state index contributed by atoms with van der Waals surface area (Å²) in [6, 6.07) is 3.54. The van der Waals surface area contributed by atoms with Gasteiger partial charge in [0, 0.05) is 20.1 Å². The Bertz CT molecular complexity index is 435. The number of nitrogens with zero attached hydrogens (tertiary/aromatic N) is 2. The van der Waals surface area contributed by atoms with Crippen LogP contribution in [0.25, 0.3) is 0 Å². The Morgan fingerprint density at radius 1 is 1.35 bits per heavy atom. The fourth-order valence-corrected chi connectivity index (χ4v) is 3.40. The van der Waals surface area contributed by atoms with Gasteiger partial charge in [0.25, 0.3) is 10.2 Å². The lowest BCUT2D eigenvalue weighted by molar-refractivity contribution is 0.307. The summed E-state index contributed by atoms with van der Waals surface area (Å²) in [7, 11) is -1.74. The third-order valence-electron chi connectivity index (χ3n) is 2.99. The van der Waals surface area contributed by atoms with Gasteiger partial charge < -0.3 is 4.42 Å². The Labute approximate surface area is 102 Å². The molecule has 0 amide bonds. The molecule has 0 bridgehead atoms. The van der Waals surface area contributed by atoms with Gasteiger partial charge in [0.05, 0.1) is 12.8 Å². The molecule has 0 aliphatic carbocycles. The molecule has 96 valence electrons. The number of hydrogen-bond acceptors (Lipinski definition) is 3. The highest BCUT2D eigenvalue weighted by Gasteiger charge is 2.28. The zero-order valence-electron chi connectivity index (χ0n) is 10.0. The molecule has 1 aromatic rings. The number of furan rings is 1. The van der Waals surface area contributed by atoms with Gasteiger partial charge in [-0.15, -0.1) is 0 Å². The summed E-state index contributed by atoms with van der Waals surface area (Å²) >= 11 is 0. The van der Waals surface area contributed by atoms with Gasteiger partial charge in [-0.3, -0.25) is 0 Å². The smallest absolute Gasteiger partial charge is 0.282 e. The van der Waals surface area contributed by atoms with Crippen LogP contribution < -0.4 is 0 Å². The summed E-state index contributed by atoms with van der Waals surface area (Å²) in [5, 5.41) is 0. The van der Waals surface area contributed by atoms with Gasteiger partial charge in [-0.25, -0.2) is 0 Å². The Kier molecular flexibility index (Phi) is 3.86. The number of piperidine rings is 1. The van der Waals surface area contributed by atoms with Crippen molar-refractivity contribution in [1.82, 2.24) is 8.61 Å². The van der Waals surface area contributed by atoms with Gasteiger partial charge in [-0.05, 0) is 25.0 Å². The van der Waals surface area contributed by atoms with Crippen molar-refractivity contribution in [3.05, 3.63) is 24.2 Å². The molecule has 1 aliphatic heterocycles. The van der Waals surface area contributed by atoms with Crippen LogP contribution in [0.5, 0.6) is 0 Å². The molecule has 2 rings (SSSR count). The normalized spacial score (nSPS) is 18.7. The Morgan fingerprint density at radius 3 is 2.65 bits per heavy atom. The summed E-state index contributed by atoms with van der Waals surface area (Å²) < 4.78 is 32.5. The first kappa shape index (κ1) is 12.6. The van der Waals surface area contributed by atoms with E-state index in [1.807, 2.05) is 0 Å². The molecule has 0 spiro atoms. The molecule has 0 N–H and O–H groups in total. The second kappa shape index (κ2) is 5.20. The maximum Gasteiger partial charge on any atom is 0.282 e. The van der Waals surface area contributed by atoms with Crippen molar-refractivity contribution in [1.29, 1.82) is 0 Å². The van der Waals surface area contributed by atoms with Crippen LogP contribution in [0.2, 0.25) is 0 Å².